The summed E-state index contributed by atoms with van der Waals surface area (Å²) < 4.78 is 32.0. The van der Waals surface area contributed by atoms with Crippen LogP contribution >= 0.6 is 11.6 Å². The number of hydrogen-bond acceptors (Lipinski definition) is 3. The second kappa shape index (κ2) is 6.41. The van der Waals surface area contributed by atoms with Gasteiger partial charge in [-0.2, -0.15) is 0 Å². The fourth-order valence-electron chi connectivity index (χ4n) is 1.67. The Labute approximate surface area is 124 Å². The Hall–Kier alpha value is -2.34. The van der Waals surface area contributed by atoms with Crippen molar-refractivity contribution in [3.8, 4) is 5.75 Å². The Kier molecular flexibility index (Phi) is 4.59. The van der Waals surface area contributed by atoms with Crippen LogP contribution in [0.5, 0.6) is 5.75 Å². The first kappa shape index (κ1) is 15.1. The first-order valence-corrected chi connectivity index (χ1v) is 6.22. The van der Waals surface area contributed by atoms with Gasteiger partial charge in [-0.15, -0.1) is 0 Å². The number of rotatable bonds is 4. The van der Waals surface area contributed by atoms with E-state index in [0.29, 0.717) is 5.56 Å². The predicted molar refractivity (Wildman–Crippen MR) is 74.7 cm³/mol. The number of amidine groups is 1. The van der Waals surface area contributed by atoms with Crippen LogP contribution in [0.2, 0.25) is 5.02 Å². The number of hydrogen-bond donors (Lipinski definition) is 2. The summed E-state index contributed by atoms with van der Waals surface area (Å²) in [6, 6.07) is 7.85. The Balaban J connectivity index is 2.16. The number of benzene rings is 2. The van der Waals surface area contributed by atoms with Gasteiger partial charge in [0.05, 0.1) is 5.02 Å². The van der Waals surface area contributed by atoms with Crippen molar-refractivity contribution in [2.75, 3.05) is 0 Å². The Bertz CT molecular complexity index is 693. The fraction of sp³-hybridized carbons (Fsp3) is 0.0714. The van der Waals surface area contributed by atoms with E-state index >= 15 is 0 Å². The van der Waals surface area contributed by atoms with E-state index in [9.17, 15) is 8.78 Å². The lowest BCUT2D eigenvalue weighted by atomic mass is 10.1. The monoisotopic (exact) mass is 312 g/mol. The van der Waals surface area contributed by atoms with E-state index in [1.54, 1.807) is 0 Å². The molecular formula is C14H11ClF2N2O2. The average Bonchev–Trinajstić information content (AvgIpc) is 2.47. The summed E-state index contributed by atoms with van der Waals surface area (Å²) in [6.07, 6.45) is 0. The molecular weight excluding hydrogens is 302 g/mol. The first-order chi connectivity index (χ1) is 9.99. The molecule has 0 saturated heterocycles. The summed E-state index contributed by atoms with van der Waals surface area (Å²) in [4.78, 5) is 0. The van der Waals surface area contributed by atoms with Crippen LogP contribution in [-0.2, 0) is 6.61 Å². The van der Waals surface area contributed by atoms with Crippen LogP contribution in [0.25, 0.3) is 0 Å². The van der Waals surface area contributed by atoms with Gasteiger partial charge in [0.25, 0.3) is 0 Å². The molecule has 0 aromatic heterocycles. The van der Waals surface area contributed by atoms with E-state index in [2.05, 4.69) is 5.16 Å². The van der Waals surface area contributed by atoms with Gasteiger partial charge in [0.1, 0.15) is 24.0 Å². The molecule has 7 heteroatoms. The molecule has 0 aliphatic heterocycles. The highest BCUT2D eigenvalue weighted by molar-refractivity contribution is 6.30. The largest absolute Gasteiger partial charge is 0.489 e. The maximum Gasteiger partial charge on any atom is 0.170 e. The SMILES string of the molecule is N/C(=N/O)c1cc(F)cc(COc2ccc(Cl)c(F)c2)c1. The lowest BCUT2D eigenvalue weighted by Gasteiger charge is -2.08. The van der Waals surface area contributed by atoms with E-state index < -0.39 is 11.6 Å². The minimum Gasteiger partial charge on any atom is -0.489 e. The van der Waals surface area contributed by atoms with Gasteiger partial charge in [-0.1, -0.05) is 16.8 Å². The lowest BCUT2D eigenvalue weighted by Crippen LogP contribution is -2.14. The third kappa shape index (κ3) is 3.82. The molecule has 2 aromatic carbocycles. The minimum atomic E-state index is -0.606. The van der Waals surface area contributed by atoms with Crippen molar-refractivity contribution >= 4 is 17.4 Å². The van der Waals surface area contributed by atoms with Crippen LogP contribution < -0.4 is 10.5 Å². The quantitative estimate of drug-likeness (QED) is 0.394. The molecule has 0 aliphatic carbocycles. The normalized spacial score (nSPS) is 11.5. The Morgan fingerprint density at radius 3 is 2.67 bits per heavy atom. The van der Waals surface area contributed by atoms with Gasteiger partial charge < -0.3 is 15.7 Å². The van der Waals surface area contributed by atoms with Crippen molar-refractivity contribution < 1.29 is 18.7 Å². The molecule has 110 valence electrons. The van der Waals surface area contributed by atoms with Crippen molar-refractivity contribution in [2.24, 2.45) is 10.9 Å². The maximum atomic E-state index is 13.4. The van der Waals surface area contributed by atoms with Crippen molar-refractivity contribution in [1.29, 1.82) is 0 Å². The van der Waals surface area contributed by atoms with Gasteiger partial charge in [0.15, 0.2) is 5.84 Å². The van der Waals surface area contributed by atoms with Crippen molar-refractivity contribution in [3.05, 3.63) is 64.2 Å². The molecule has 21 heavy (non-hydrogen) atoms. The number of ether oxygens (including phenoxy) is 1. The second-order valence-electron chi connectivity index (χ2n) is 4.20. The molecule has 0 unspecified atom stereocenters. The third-order valence-corrected chi connectivity index (χ3v) is 2.96. The summed E-state index contributed by atoms with van der Waals surface area (Å²) >= 11 is 5.56. The van der Waals surface area contributed by atoms with Crippen LogP contribution in [0.3, 0.4) is 0 Å². The van der Waals surface area contributed by atoms with Gasteiger partial charge in [-0.05, 0) is 35.9 Å². The maximum absolute atomic E-state index is 13.4. The van der Waals surface area contributed by atoms with E-state index in [4.69, 9.17) is 27.3 Å². The topological polar surface area (TPSA) is 67.8 Å². The molecule has 0 radical (unpaired) electrons. The number of nitrogens with two attached hydrogens (primary N) is 1. The first-order valence-electron chi connectivity index (χ1n) is 5.85. The zero-order valence-electron chi connectivity index (χ0n) is 10.7. The summed E-state index contributed by atoms with van der Waals surface area (Å²) in [5, 5.41) is 11.4. The lowest BCUT2D eigenvalue weighted by molar-refractivity contribution is 0.304. The molecule has 0 amide bonds. The van der Waals surface area contributed by atoms with Crippen LogP contribution in [0, 0.1) is 11.6 Å². The summed E-state index contributed by atoms with van der Waals surface area (Å²) in [5.74, 6) is -1.12. The molecule has 0 spiro atoms. The smallest absolute Gasteiger partial charge is 0.170 e. The molecule has 2 rings (SSSR count). The molecule has 0 atom stereocenters. The fourth-order valence-corrected chi connectivity index (χ4v) is 1.79. The van der Waals surface area contributed by atoms with E-state index in [0.717, 1.165) is 12.1 Å². The highest BCUT2D eigenvalue weighted by Gasteiger charge is 2.07. The van der Waals surface area contributed by atoms with Gasteiger partial charge in [0.2, 0.25) is 0 Å². The number of nitrogens with zero attached hydrogens (tertiary/aromatic N) is 1. The zero-order valence-corrected chi connectivity index (χ0v) is 11.4. The van der Waals surface area contributed by atoms with Crippen LogP contribution in [0.4, 0.5) is 8.78 Å². The Morgan fingerprint density at radius 1 is 1.24 bits per heavy atom. The number of halogens is 3. The summed E-state index contributed by atoms with van der Waals surface area (Å²) in [5.41, 5.74) is 6.08. The van der Waals surface area contributed by atoms with E-state index in [-0.39, 0.29) is 28.8 Å². The highest BCUT2D eigenvalue weighted by Crippen LogP contribution is 2.21. The van der Waals surface area contributed by atoms with E-state index in [1.807, 2.05) is 0 Å². The molecule has 2 aromatic rings. The molecule has 4 nitrogen and oxygen atoms in total. The predicted octanol–water partition coefficient (Wildman–Crippen LogP) is 3.29. The summed E-state index contributed by atoms with van der Waals surface area (Å²) in [7, 11) is 0. The van der Waals surface area contributed by atoms with E-state index in [1.165, 1.54) is 24.3 Å². The highest BCUT2D eigenvalue weighted by atomic mass is 35.5. The number of oxime groups is 1. The average molecular weight is 313 g/mol. The standard InChI is InChI=1S/C14H11ClF2N2O2/c15-12-2-1-11(6-13(12)17)21-7-8-3-9(14(18)19-20)5-10(16)4-8/h1-6,20H,7H2,(H2,18,19). The third-order valence-electron chi connectivity index (χ3n) is 2.66. The molecule has 0 bridgehead atoms. The van der Waals surface area contributed by atoms with Gasteiger partial charge in [0, 0.05) is 11.6 Å². The molecule has 0 aliphatic rings. The van der Waals surface area contributed by atoms with Crippen molar-refractivity contribution in [3.63, 3.8) is 0 Å². The summed E-state index contributed by atoms with van der Waals surface area (Å²) in [6.45, 7) is -0.00938. The molecule has 0 saturated carbocycles. The second-order valence-corrected chi connectivity index (χ2v) is 4.61. The molecule has 3 N–H and O–H groups in total. The van der Waals surface area contributed by atoms with Crippen molar-refractivity contribution in [2.45, 2.75) is 6.61 Å². The van der Waals surface area contributed by atoms with Gasteiger partial charge in [-0.25, -0.2) is 8.78 Å². The van der Waals surface area contributed by atoms with Crippen LogP contribution in [0.1, 0.15) is 11.1 Å². The zero-order chi connectivity index (χ0) is 15.4. The minimum absolute atomic E-state index is 0.00938. The molecule has 0 heterocycles. The Morgan fingerprint density at radius 2 is 2.00 bits per heavy atom. The van der Waals surface area contributed by atoms with Crippen molar-refractivity contribution in [1.82, 2.24) is 0 Å². The van der Waals surface area contributed by atoms with Gasteiger partial charge in [-0.3, -0.25) is 0 Å². The van der Waals surface area contributed by atoms with Crippen LogP contribution in [0.15, 0.2) is 41.6 Å². The van der Waals surface area contributed by atoms with Crippen LogP contribution in [-0.4, -0.2) is 11.0 Å². The molecule has 0 fully saturated rings. The van der Waals surface area contributed by atoms with Gasteiger partial charge >= 0.3 is 0 Å².